The first-order chi connectivity index (χ1) is 11.6. The summed E-state index contributed by atoms with van der Waals surface area (Å²) in [6.07, 6.45) is 5.29. The maximum atomic E-state index is 12.9. The molecule has 1 aromatic heterocycles. The number of nitrogens with zero attached hydrogens (tertiary/aromatic N) is 2. The largest absolute Gasteiger partial charge is 0.493 e. The average molecular weight is 343 g/mol. The van der Waals surface area contributed by atoms with Gasteiger partial charge < -0.3 is 9.64 Å². The Kier molecular flexibility index (Phi) is 3.72. The maximum Gasteiger partial charge on any atom is 0.226 e. The second-order valence-electron chi connectivity index (χ2n) is 6.71. The molecule has 4 rings (SSSR count). The average Bonchev–Trinajstić information content (AvgIpc) is 3.31. The smallest absolute Gasteiger partial charge is 0.226 e. The molecule has 1 aromatic carbocycles. The fraction of sp³-hybridized carbons (Fsp3) is 0.368. The Labute approximate surface area is 146 Å². The summed E-state index contributed by atoms with van der Waals surface area (Å²) in [5, 5.41) is 0.695. The van der Waals surface area contributed by atoms with Crippen LogP contribution < -0.4 is 4.74 Å². The van der Waals surface area contributed by atoms with E-state index in [0.29, 0.717) is 18.2 Å². The van der Waals surface area contributed by atoms with Crippen LogP contribution in [-0.4, -0.2) is 29.4 Å². The topological polar surface area (TPSA) is 42.4 Å². The fourth-order valence-corrected chi connectivity index (χ4v) is 3.98. The molecule has 0 unspecified atom stereocenters. The lowest BCUT2D eigenvalue weighted by Crippen LogP contribution is -2.32. The zero-order valence-corrected chi connectivity index (χ0v) is 14.3. The summed E-state index contributed by atoms with van der Waals surface area (Å²) < 4.78 is 5.75. The van der Waals surface area contributed by atoms with Gasteiger partial charge in [0, 0.05) is 47.9 Å². The molecular formula is C19H19ClN2O2. The number of fused-ring (bicyclic) bond motifs is 2. The van der Waals surface area contributed by atoms with Gasteiger partial charge in [-0.15, -0.1) is 0 Å². The Morgan fingerprint density at radius 2 is 2.33 bits per heavy atom. The van der Waals surface area contributed by atoms with Crippen LogP contribution in [0.4, 0.5) is 0 Å². The van der Waals surface area contributed by atoms with E-state index in [1.165, 1.54) is 0 Å². The van der Waals surface area contributed by atoms with E-state index in [0.717, 1.165) is 29.7 Å². The summed E-state index contributed by atoms with van der Waals surface area (Å²) in [6.45, 7) is 1.24. The number of carbonyl (C=O) groups excluding carboxylic acids is 1. The van der Waals surface area contributed by atoms with E-state index in [1.54, 1.807) is 17.3 Å². The van der Waals surface area contributed by atoms with Gasteiger partial charge in [-0.1, -0.05) is 17.7 Å². The lowest BCUT2D eigenvalue weighted by Gasteiger charge is -2.28. The van der Waals surface area contributed by atoms with Crippen molar-refractivity contribution in [2.24, 2.45) is 5.92 Å². The summed E-state index contributed by atoms with van der Waals surface area (Å²) >= 11 is 6.17. The quantitative estimate of drug-likeness (QED) is 0.858. The first-order valence-electron chi connectivity index (χ1n) is 8.17. The number of pyridine rings is 1. The molecular weight excluding hydrogens is 324 g/mol. The Balaban J connectivity index is 1.54. The lowest BCUT2D eigenvalue weighted by atomic mass is 9.87. The van der Waals surface area contributed by atoms with E-state index in [2.05, 4.69) is 4.98 Å². The zero-order valence-electron chi connectivity index (χ0n) is 13.5. The van der Waals surface area contributed by atoms with Gasteiger partial charge in [0.2, 0.25) is 5.91 Å². The van der Waals surface area contributed by atoms with E-state index in [4.69, 9.17) is 16.3 Å². The first kappa shape index (κ1) is 15.5. The number of ether oxygens (including phenoxy) is 1. The second-order valence-corrected chi connectivity index (χ2v) is 7.14. The van der Waals surface area contributed by atoms with Crippen LogP contribution in [0.25, 0.3) is 0 Å². The highest BCUT2D eigenvalue weighted by molar-refractivity contribution is 6.30. The molecule has 0 bridgehead atoms. The summed E-state index contributed by atoms with van der Waals surface area (Å²) in [5.41, 5.74) is 2.03. The van der Waals surface area contributed by atoms with Gasteiger partial charge in [0.05, 0.1) is 6.61 Å². The van der Waals surface area contributed by atoms with Gasteiger partial charge in [0.1, 0.15) is 5.75 Å². The van der Waals surface area contributed by atoms with Crippen molar-refractivity contribution in [2.45, 2.75) is 24.8 Å². The molecule has 0 radical (unpaired) electrons. The zero-order chi connectivity index (χ0) is 16.7. The molecule has 2 aliphatic rings. The molecule has 2 atom stereocenters. The molecule has 1 amide bonds. The van der Waals surface area contributed by atoms with Crippen LogP contribution in [0.2, 0.25) is 5.02 Å². The minimum Gasteiger partial charge on any atom is -0.493 e. The second kappa shape index (κ2) is 5.78. The predicted molar refractivity (Wildman–Crippen MR) is 92.1 cm³/mol. The number of halogens is 1. The first-order valence-corrected chi connectivity index (χ1v) is 8.55. The van der Waals surface area contributed by atoms with E-state index >= 15 is 0 Å². The van der Waals surface area contributed by atoms with Crippen LogP contribution in [-0.2, 0) is 16.8 Å². The highest BCUT2D eigenvalue weighted by Crippen LogP contribution is 2.61. The third-order valence-electron chi connectivity index (χ3n) is 5.18. The van der Waals surface area contributed by atoms with Crippen molar-refractivity contribution >= 4 is 17.5 Å². The van der Waals surface area contributed by atoms with Crippen LogP contribution in [0.3, 0.4) is 0 Å². The monoisotopic (exact) mass is 342 g/mol. The van der Waals surface area contributed by atoms with Gasteiger partial charge in [0.15, 0.2) is 0 Å². The number of aromatic nitrogens is 1. The van der Waals surface area contributed by atoms with Gasteiger partial charge in [-0.05, 0) is 42.7 Å². The van der Waals surface area contributed by atoms with Crippen molar-refractivity contribution in [2.75, 3.05) is 13.7 Å². The molecule has 5 heteroatoms. The van der Waals surface area contributed by atoms with Gasteiger partial charge in [-0.3, -0.25) is 9.78 Å². The molecule has 1 saturated carbocycles. The Bertz CT molecular complexity index is 780. The van der Waals surface area contributed by atoms with Crippen molar-refractivity contribution in [3.05, 3.63) is 58.9 Å². The number of hydrogen-bond acceptors (Lipinski definition) is 3. The van der Waals surface area contributed by atoms with Crippen molar-refractivity contribution in [1.29, 1.82) is 0 Å². The fourth-order valence-electron chi connectivity index (χ4n) is 3.81. The number of rotatable bonds is 3. The third-order valence-corrected chi connectivity index (χ3v) is 5.41. The lowest BCUT2D eigenvalue weighted by molar-refractivity contribution is -0.132. The van der Waals surface area contributed by atoms with Crippen molar-refractivity contribution in [1.82, 2.24) is 9.88 Å². The standard InChI is InChI=1S/C19H19ClN2O2/c1-22(12-13-3-2-7-21-11-13)18(23)16-10-19(16)6-8-24-17-5-4-14(20)9-15(17)19/h2-5,7,9,11,16H,6,8,10,12H2,1H3/t16-,19-/m0/s1. The van der Waals surface area contributed by atoms with E-state index in [-0.39, 0.29) is 17.2 Å². The number of hydrogen-bond donors (Lipinski definition) is 0. The highest BCUT2D eigenvalue weighted by Gasteiger charge is 2.61. The third kappa shape index (κ3) is 2.55. The maximum absolute atomic E-state index is 12.9. The number of amides is 1. The molecule has 1 fully saturated rings. The molecule has 0 saturated heterocycles. The molecule has 2 heterocycles. The van der Waals surface area contributed by atoms with Crippen molar-refractivity contribution < 1.29 is 9.53 Å². The van der Waals surface area contributed by atoms with Crippen LogP contribution >= 0.6 is 11.6 Å². The number of carbonyl (C=O) groups is 1. The Morgan fingerprint density at radius 1 is 1.46 bits per heavy atom. The van der Waals surface area contributed by atoms with Gasteiger partial charge in [0.25, 0.3) is 0 Å². The van der Waals surface area contributed by atoms with Crippen LogP contribution in [0.15, 0.2) is 42.7 Å². The molecule has 1 aliphatic heterocycles. The summed E-state index contributed by atoms with van der Waals surface area (Å²) in [5.74, 6) is 1.07. The molecule has 1 aliphatic carbocycles. The summed E-state index contributed by atoms with van der Waals surface area (Å²) in [4.78, 5) is 18.8. The molecule has 1 spiro atoms. The Hall–Kier alpha value is -2.07. The predicted octanol–water partition coefficient (Wildman–Crippen LogP) is 3.43. The van der Waals surface area contributed by atoms with E-state index in [9.17, 15) is 4.79 Å². The molecule has 124 valence electrons. The van der Waals surface area contributed by atoms with Gasteiger partial charge in [-0.25, -0.2) is 0 Å². The molecule has 24 heavy (non-hydrogen) atoms. The minimum absolute atomic E-state index is 0.0142. The Morgan fingerprint density at radius 3 is 3.12 bits per heavy atom. The van der Waals surface area contributed by atoms with E-state index in [1.807, 2.05) is 37.4 Å². The van der Waals surface area contributed by atoms with Crippen LogP contribution in [0.5, 0.6) is 5.75 Å². The molecule has 4 nitrogen and oxygen atoms in total. The van der Waals surface area contributed by atoms with Crippen molar-refractivity contribution in [3.63, 3.8) is 0 Å². The van der Waals surface area contributed by atoms with Crippen molar-refractivity contribution in [3.8, 4) is 5.75 Å². The summed E-state index contributed by atoms with van der Waals surface area (Å²) in [7, 11) is 1.86. The molecule has 2 aromatic rings. The SMILES string of the molecule is CN(Cc1cccnc1)C(=O)[C@@H]1C[C@]12CCOc1ccc(Cl)cc12. The van der Waals surface area contributed by atoms with Gasteiger partial charge in [-0.2, -0.15) is 0 Å². The normalized spacial score (nSPS) is 24.2. The summed E-state index contributed by atoms with van der Waals surface area (Å²) in [6, 6.07) is 9.60. The van der Waals surface area contributed by atoms with E-state index < -0.39 is 0 Å². The minimum atomic E-state index is -0.0984. The van der Waals surface area contributed by atoms with Crippen LogP contribution in [0.1, 0.15) is 24.0 Å². The highest BCUT2D eigenvalue weighted by atomic mass is 35.5. The van der Waals surface area contributed by atoms with Crippen LogP contribution in [0, 0.1) is 5.92 Å². The van der Waals surface area contributed by atoms with Gasteiger partial charge >= 0.3 is 0 Å². The molecule has 0 N–H and O–H groups in total. The number of benzene rings is 1.